The van der Waals surface area contributed by atoms with E-state index in [2.05, 4.69) is 0 Å². The van der Waals surface area contributed by atoms with Gasteiger partial charge in [0.15, 0.2) is 0 Å². The van der Waals surface area contributed by atoms with Crippen LogP contribution in [0.25, 0.3) is 0 Å². The van der Waals surface area contributed by atoms with Crippen LogP contribution in [0.1, 0.15) is 12.5 Å². The molecule has 2 atom stereocenters. The summed E-state index contributed by atoms with van der Waals surface area (Å²) < 4.78 is 5.03. The number of hydrogen-bond donors (Lipinski definition) is 2. The van der Waals surface area contributed by atoms with Gasteiger partial charge < -0.3 is 15.6 Å². The van der Waals surface area contributed by atoms with E-state index in [1.54, 1.807) is 14.0 Å². The lowest BCUT2D eigenvalue weighted by Crippen LogP contribution is -2.34. The van der Waals surface area contributed by atoms with Crippen molar-refractivity contribution in [2.45, 2.75) is 19.4 Å². The van der Waals surface area contributed by atoms with Crippen molar-refractivity contribution in [1.29, 1.82) is 0 Å². The SMILES string of the molecule is COc1ccc(CC(C(=O)O)C(C)N)cc1.Cl. The Morgan fingerprint density at radius 1 is 1.41 bits per heavy atom. The van der Waals surface area contributed by atoms with Crippen molar-refractivity contribution < 1.29 is 14.6 Å². The standard InChI is InChI=1S/C12H17NO3.ClH/c1-8(13)11(12(14)15)7-9-3-5-10(16-2)6-4-9;/h3-6,8,11H,7,13H2,1-2H3,(H,14,15);1H. The van der Waals surface area contributed by atoms with Crippen LogP contribution in [0.4, 0.5) is 0 Å². The molecule has 0 saturated heterocycles. The van der Waals surface area contributed by atoms with Crippen molar-refractivity contribution >= 4 is 18.4 Å². The fourth-order valence-electron chi connectivity index (χ4n) is 1.51. The van der Waals surface area contributed by atoms with Crippen molar-refractivity contribution in [2.24, 2.45) is 11.7 Å². The van der Waals surface area contributed by atoms with Crippen molar-refractivity contribution in [2.75, 3.05) is 7.11 Å². The van der Waals surface area contributed by atoms with Crippen LogP contribution in [0.2, 0.25) is 0 Å². The maximum Gasteiger partial charge on any atom is 0.308 e. The Labute approximate surface area is 107 Å². The number of aliphatic carboxylic acids is 1. The lowest BCUT2D eigenvalue weighted by atomic mass is 9.94. The zero-order valence-corrected chi connectivity index (χ0v) is 10.7. The molecule has 0 fully saturated rings. The second-order valence-electron chi connectivity index (χ2n) is 3.86. The summed E-state index contributed by atoms with van der Waals surface area (Å²) in [5, 5.41) is 9.00. The number of ether oxygens (including phenoxy) is 1. The van der Waals surface area contributed by atoms with E-state index in [4.69, 9.17) is 15.6 Å². The van der Waals surface area contributed by atoms with E-state index in [-0.39, 0.29) is 18.4 Å². The molecule has 0 amide bonds. The third-order valence-electron chi connectivity index (χ3n) is 2.57. The number of methoxy groups -OCH3 is 1. The molecule has 5 heteroatoms. The van der Waals surface area contributed by atoms with Crippen molar-refractivity contribution in [1.82, 2.24) is 0 Å². The fraction of sp³-hybridized carbons (Fsp3) is 0.417. The summed E-state index contributed by atoms with van der Waals surface area (Å²) in [7, 11) is 1.59. The summed E-state index contributed by atoms with van der Waals surface area (Å²) in [5.41, 5.74) is 6.59. The van der Waals surface area contributed by atoms with Gasteiger partial charge in [0.2, 0.25) is 0 Å². The Hall–Kier alpha value is -1.26. The molecule has 0 radical (unpaired) electrons. The van der Waals surface area contributed by atoms with Crippen molar-refractivity contribution in [3.63, 3.8) is 0 Å². The second kappa shape index (κ2) is 7.14. The fourth-order valence-corrected chi connectivity index (χ4v) is 1.51. The molecular formula is C12H18ClNO3. The average molecular weight is 260 g/mol. The topological polar surface area (TPSA) is 72.5 Å². The van der Waals surface area contributed by atoms with E-state index in [9.17, 15) is 4.79 Å². The molecule has 3 N–H and O–H groups in total. The van der Waals surface area contributed by atoms with Crippen LogP contribution in [0.3, 0.4) is 0 Å². The predicted octanol–water partition coefficient (Wildman–Crippen LogP) is 1.71. The number of carboxylic acid groups (broad SMARTS) is 1. The molecule has 0 heterocycles. The number of carbonyl (C=O) groups is 1. The Morgan fingerprint density at radius 3 is 2.29 bits per heavy atom. The Kier molecular flexibility index (Phi) is 6.61. The molecule has 1 rings (SSSR count). The molecule has 0 aliphatic heterocycles. The molecule has 0 bridgehead atoms. The van der Waals surface area contributed by atoms with E-state index in [1.165, 1.54) is 0 Å². The number of carboxylic acids is 1. The lowest BCUT2D eigenvalue weighted by Gasteiger charge is -2.16. The molecule has 2 unspecified atom stereocenters. The van der Waals surface area contributed by atoms with Gasteiger partial charge in [-0.15, -0.1) is 12.4 Å². The first-order valence-electron chi connectivity index (χ1n) is 5.16. The second-order valence-corrected chi connectivity index (χ2v) is 3.86. The van der Waals surface area contributed by atoms with Crippen LogP contribution in [0.15, 0.2) is 24.3 Å². The van der Waals surface area contributed by atoms with Crippen LogP contribution in [0.5, 0.6) is 5.75 Å². The molecule has 0 saturated carbocycles. The van der Waals surface area contributed by atoms with Crippen LogP contribution in [0, 0.1) is 5.92 Å². The molecule has 0 aliphatic rings. The number of benzene rings is 1. The highest BCUT2D eigenvalue weighted by Crippen LogP contribution is 2.16. The molecule has 17 heavy (non-hydrogen) atoms. The minimum atomic E-state index is -0.856. The van der Waals surface area contributed by atoms with E-state index in [0.29, 0.717) is 6.42 Å². The Bertz CT molecular complexity index is 351. The molecule has 4 nitrogen and oxygen atoms in total. The summed E-state index contributed by atoms with van der Waals surface area (Å²) in [5.74, 6) is -0.643. The molecule has 0 aliphatic carbocycles. The van der Waals surface area contributed by atoms with Crippen LogP contribution >= 0.6 is 12.4 Å². The zero-order valence-electron chi connectivity index (χ0n) is 9.92. The first-order chi connectivity index (χ1) is 7.54. The van der Waals surface area contributed by atoms with Crippen LogP contribution in [-0.2, 0) is 11.2 Å². The summed E-state index contributed by atoms with van der Waals surface area (Å²) in [6.45, 7) is 1.71. The van der Waals surface area contributed by atoms with Gasteiger partial charge in [-0.25, -0.2) is 0 Å². The van der Waals surface area contributed by atoms with Gasteiger partial charge in [-0.2, -0.15) is 0 Å². The van der Waals surface area contributed by atoms with E-state index >= 15 is 0 Å². The maximum atomic E-state index is 11.0. The Balaban J connectivity index is 0.00000256. The first-order valence-corrected chi connectivity index (χ1v) is 5.16. The first kappa shape index (κ1) is 15.7. The number of rotatable bonds is 5. The van der Waals surface area contributed by atoms with Crippen molar-refractivity contribution in [3.05, 3.63) is 29.8 Å². The highest BCUT2D eigenvalue weighted by molar-refractivity contribution is 5.85. The number of halogens is 1. The highest BCUT2D eigenvalue weighted by Gasteiger charge is 2.21. The number of hydrogen-bond acceptors (Lipinski definition) is 3. The summed E-state index contributed by atoms with van der Waals surface area (Å²) in [4.78, 5) is 11.0. The highest BCUT2D eigenvalue weighted by atomic mass is 35.5. The number of nitrogens with two attached hydrogens (primary N) is 1. The molecule has 1 aromatic rings. The Morgan fingerprint density at radius 2 is 1.94 bits per heavy atom. The third-order valence-corrected chi connectivity index (χ3v) is 2.57. The molecular weight excluding hydrogens is 242 g/mol. The van der Waals surface area contributed by atoms with Gasteiger partial charge in [0.25, 0.3) is 0 Å². The van der Waals surface area contributed by atoms with Crippen LogP contribution < -0.4 is 10.5 Å². The predicted molar refractivity (Wildman–Crippen MR) is 68.7 cm³/mol. The van der Waals surface area contributed by atoms with Gasteiger partial charge in [-0.05, 0) is 31.0 Å². The summed E-state index contributed by atoms with van der Waals surface area (Å²) >= 11 is 0. The summed E-state index contributed by atoms with van der Waals surface area (Å²) in [6, 6.07) is 6.98. The quantitative estimate of drug-likeness (QED) is 0.844. The lowest BCUT2D eigenvalue weighted by molar-refractivity contribution is -0.142. The van der Waals surface area contributed by atoms with E-state index in [0.717, 1.165) is 11.3 Å². The van der Waals surface area contributed by atoms with Gasteiger partial charge in [0.1, 0.15) is 5.75 Å². The maximum absolute atomic E-state index is 11.0. The molecule has 0 spiro atoms. The molecule has 0 aromatic heterocycles. The third kappa shape index (κ3) is 4.63. The molecule has 1 aromatic carbocycles. The normalized spacial score (nSPS) is 13.4. The summed E-state index contributed by atoms with van der Waals surface area (Å²) in [6.07, 6.45) is 0.441. The van der Waals surface area contributed by atoms with Gasteiger partial charge >= 0.3 is 5.97 Å². The van der Waals surface area contributed by atoms with Gasteiger partial charge in [0, 0.05) is 6.04 Å². The van der Waals surface area contributed by atoms with Gasteiger partial charge in [-0.1, -0.05) is 12.1 Å². The minimum Gasteiger partial charge on any atom is -0.497 e. The van der Waals surface area contributed by atoms with E-state index < -0.39 is 11.9 Å². The van der Waals surface area contributed by atoms with Gasteiger partial charge in [0.05, 0.1) is 13.0 Å². The van der Waals surface area contributed by atoms with E-state index in [1.807, 2.05) is 24.3 Å². The van der Waals surface area contributed by atoms with Crippen LogP contribution in [-0.4, -0.2) is 24.2 Å². The smallest absolute Gasteiger partial charge is 0.308 e. The largest absolute Gasteiger partial charge is 0.497 e. The molecule has 96 valence electrons. The van der Waals surface area contributed by atoms with Gasteiger partial charge in [-0.3, -0.25) is 4.79 Å². The van der Waals surface area contributed by atoms with Crippen molar-refractivity contribution in [3.8, 4) is 5.75 Å². The minimum absolute atomic E-state index is 0. The monoisotopic (exact) mass is 259 g/mol. The average Bonchev–Trinajstić information content (AvgIpc) is 2.25. The zero-order chi connectivity index (χ0) is 12.1.